The third kappa shape index (κ3) is 4.85. The number of hydrogen-bond acceptors (Lipinski definition) is 6. The summed E-state index contributed by atoms with van der Waals surface area (Å²) in [6, 6.07) is 11.6. The summed E-state index contributed by atoms with van der Waals surface area (Å²) in [7, 11) is 1.58. The molecule has 0 saturated carbocycles. The average molecular weight is 416 g/mol. The van der Waals surface area contributed by atoms with E-state index in [1.165, 1.54) is 11.8 Å². The van der Waals surface area contributed by atoms with Crippen LogP contribution in [0, 0.1) is 13.8 Å². The van der Waals surface area contributed by atoms with E-state index >= 15 is 0 Å². The largest absolute Gasteiger partial charge is 0.493 e. The van der Waals surface area contributed by atoms with Crippen LogP contribution in [0.3, 0.4) is 0 Å². The number of thioether (sulfide) groups is 1. The van der Waals surface area contributed by atoms with Crippen molar-refractivity contribution >= 4 is 40.3 Å². The van der Waals surface area contributed by atoms with Crippen molar-refractivity contribution in [3.8, 4) is 17.2 Å². The molecule has 7 heteroatoms. The lowest BCUT2D eigenvalue weighted by Crippen LogP contribution is -2.17. The van der Waals surface area contributed by atoms with E-state index in [-0.39, 0.29) is 5.91 Å². The number of hydrogen-bond donors (Lipinski definition) is 1. The molecular weight excluding hydrogens is 394 g/mol. The van der Waals surface area contributed by atoms with E-state index in [2.05, 4.69) is 5.32 Å². The molecular formula is C21H21NO4S2. The molecule has 2 aromatic carbocycles. The summed E-state index contributed by atoms with van der Waals surface area (Å²) in [5, 5.41) is 2.60. The number of carbonyl (C=O) groups excluding carboxylic acids is 1. The molecule has 0 unspecified atom stereocenters. The highest BCUT2D eigenvalue weighted by molar-refractivity contribution is 8.26. The lowest BCUT2D eigenvalue weighted by Gasteiger charge is -2.14. The smallest absolute Gasteiger partial charge is 0.263 e. The first kappa shape index (κ1) is 20.2. The number of benzene rings is 2. The van der Waals surface area contributed by atoms with Gasteiger partial charge in [-0.3, -0.25) is 4.79 Å². The molecule has 2 aromatic rings. The van der Waals surface area contributed by atoms with Crippen molar-refractivity contribution < 1.29 is 19.0 Å². The van der Waals surface area contributed by atoms with Gasteiger partial charge in [0.1, 0.15) is 23.3 Å². The Hall–Kier alpha value is -2.51. The van der Waals surface area contributed by atoms with Gasteiger partial charge < -0.3 is 19.5 Å². The Morgan fingerprint density at radius 2 is 1.79 bits per heavy atom. The summed E-state index contributed by atoms with van der Waals surface area (Å²) < 4.78 is 17.6. The predicted molar refractivity (Wildman–Crippen MR) is 116 cm³/mol. The van der Waals surface area contributed by atoms with E-state index in [0.29, 0.717) is 33.9 Å². The van der Waals surface area contributed by atoms with Gasteiger partial charge in [-0.1, -0.05) is 48.2 Å². The van der Waals surface area contributed by atoms with Crippen molar-refractivity contribution in [1.82, 2.24) is 5.32 Å². The number of ether oxygens (including phenoxy) is 3. The Kier molecular flexibility index (Phi) is 6.59. The van der Waals surface area contributed by atoms with Crippen molar-refractivity contribution in [2.45, 2.75) is 13.8 Å². The van der Waals surface area contributed by atoms with Crippen molar-refractivity contribution in [2.75, 3.05) is 20.3 Å². The van der Waals surface area contributed by atoms with E-state index in [4.69, 9.17) is 26.4 Å². The first-order valence-electron chi connectivity index (χ1n) is 8.72. The van der Waals surface area contributed by atoms with Crippen LogP contribution in [-0.4, -0.2) is 30.6 Å². The summed E-state index contributed by atoms with van der Waals surface area (Å²) in [5.41, 5.74) is 3.03. The van der Waals surface area contributed by atoms with Crippen LogP contribution in [-0.2, 0) is 4.79 Å². The van der Waals surface area contributed by atoms with Gasteiger partial charge in [0.2, 0.25) is 0 Å². The Balaban J connectivity index is 1.62. The Morgan fingerprint density at radius 3 is 2.43 bits per heavy atom. The van der Waals surface area contributed by atoms with E-state index in [1.807, 2.05) is 50.2 Å². The van der Waals surface area contributed by atoms with E-state index in [0.717, 1.165) is 22.4 Å². The van der Waals surface area contributed by atoms with Crippen LogP contribution < -0.4 is 19.5 Å². The summed E-state index contributed by atoms with van der Waals surface area (Å²) >= 11 is 6.25. The third-order valence-corrected chi connectivity index (χ3v) is 5.29. The van der Waals surface area contributed by atoms with Crippen LogP contribution >= 0.6 is 24.0 Å². The lowest BCUT2D eigenvalue weighted by atomic mass is 10.1. The van der Waals surface area contributed by atoms with E-state index in [1.54, 1.807) is 13.2 Å². The first-order chi connectivity index (χ1) is 13.5. The minimum absolute atomic E-state index is 0.182. The predicted octanol–water partition coefficient (Wildman–Crippen LogP) is 4.26. The standard InChI is InChI=1S/C21H21NO4S2/c1-13-5-4-6-14(2)19(13)26-10-9-25-16-8-7-15(11-17(16)24-3)12-18-20(23)22-21(27)28-18/h4-8,11-12H,9-10H2,1-3H3,(H,22,23,27)/b18-12-. The van der Waals surface area contributed by atoms with Gasteiger partial charge >= 0.3 is 0 Å². The zero-order chi connectivity index (χ0) is 20.1. The molecule has 1 heterocycles. The number of amides is 1. The zero-order valence-corrected chi connectivity index (χ0v) is 17.5. The number of thiocarbonyl (C=S) groups is 1. The molecule has 0 aromatic heterocycles. The molecule has 1 saturated heterocycles. The maximum Gasteiger partial charge on any atom is 0.263 e. The fourth-order valence-corrected chi connectivity index (χ4v) is 3.83. The number of carbonyl (C=O) groups is 1. The SMILES string of the molecule is COc1cc(/C=C2\SC(=S)NC2=O)ccc1OCCOc1c(C)cccc1C. The van der Waals surface area contributed by atoms with Gasteiger partial charge in [0.25, 0.3) is 5.91 Å². The second-order valence-electron chi connectivity index (χ2n) is 6.18. The van der Waals surface area contributed by atoms with Crippen LogP contribution in [0.15, 0.2) is 41.3 Å². The number of para-hydroxylation sites is 1. The zero-order valence-electron chi connectivity index (χ0n) is 15.9. The molecule has 5 nitrogen and oxygen atoms in total. The highest BCUT2D eigenvalue weighted by Crippen LogP contribution is 2.31. The maximum atomic E-state index is 11.8. The molecule has 1 fully saturated rings. The molecule has 0 bridgehead atoms. The van der Waals surface area contributed by atoms with Crippen LogP contribution in [0.5, 0.6) is 17.2 Å². The van der Waals surface area contributed by atoms with Gasteiger partial charge in [-0.2, -0.15) is 0 Å². The Bertz CT molecular complexity index is 920. The average Bonchev–Trinajstić information content (AvgIpc) is 2.98. The van der Waals surface area contributed by atoms with Crippen LogP contribution in [0.25, 0.3) is 6.08 Å². The quantitative estimate of drug-likeness (QED) is 0.414. The molecule has 1 aliphatic heterocycles. The fourth-order valence-electron chi connectivity index (χ4n) is 2.79. The molecule has 28 heavy (non-hydrogen) atoms. The van der Waals surface area contributed by atoms with Gasteiger partial charge in [-0.05, 0) is 48.7 Å². The molecule has 3 rings (SSSR count). The van der Waals surface area contributed by atoms with Crippen LogP contribution in [0.2, 0.25) is 0 Å². The Morgan fingerprint density at radius 1 is 1.07 bits per heavy atom. The molecule has 146 valence electrons. The summed E-state index contributed by atoms with van der Waals surface area (Å²) in [6.07, 6.45) is 1.77. The van der Waals surface area contributed by atoms with Gasteiger partial charge in [0.05, 0.1) is 12.0 Å². The molecule has 1 amide bonds. The molecule has 0 atom stereocenters. The van der Waals surface area contributed by atoms with Gasteiger partial charge in [0, 0.05) is 0 Å². The van der Waals surface area contributed by atoms with Crippen LogP contribution in [0.4, 0.5) is 0 Å². The molecule has 0 radical (unpaired) electrons. The van der Waals surface area contributed by atoms with Gasteiger partial charge in [-0.25, -0.2) is 0 Å². The van der Waals surface area contributed by atoms with Gasteiger partial charge in [-0.15, -0.1) is 0 Å². The van der Waals surface area contributed by atoms with Crippen molar-refractivity contribution in [3.05, 3.63) is 58.0 Å². The minimum Gasteiger partial charge on any atom is -0.493 e. The molecule has 1 aliphatic rings. The molecule has 0 aliphatic carbocycles. The van der Waals surface area contributed by atoms with Crippen molar-refractivity contribution in [1.29, 1.82) is 0 Å². The molecule has 1 N–H and O–H groups in total. The lowest BCUT2D eigenvalue weighted by molar-refractivity contribution is -0.115. The summed E-state index contributed by atoms with van der Waals surface area (Å²) in [6.45, 7) is 4.86. The minimum atomic E-state index is -0.182. The van der Waals surface area contributed by atoms with E-state index < -0.39 is 0 Å². The second kappa shape index (κ2) is 9.12. The molecule has 0 spiro atoms. The fraction of sp³-hybridized carbons (Fsp3) is 0.238. The highest BCUT2D eigenvalue weighted by Gasteiger charge is 2.22. The van der Waals surface area contributed by atoms with E-state index in [9.17, 15) is 4.79 Å². The number of nitrogens with one attached hydrogen (secondary N) is 1. The third-order valence-electron chi connectivity index (χ3n) is 4.12. The number of aryl methyl sites for hydroxylation is 2. The van der Waals surface area contributed by atoms with Gasteiger partial charge in [0.15, 0.2) is 11.5 Å². The normalized spacial score (nSPS) is 14.9. The van der Waals surface area contributed by atoms with Crippen molar-refractivity contribution in [3.63, 3.8) is 0 Å². The van der Waals surface area contributed by atoms with Crippen molar-refractivity contribution in [2.24, 2.45) is 0 Å². The second-order valence-corrected chi connectivity index (χ2v) is 7.90. The Labute approximate surface area is 174 Å². The maximum absolute atomic E-state index is 11.8. The number of methoxy groups -OCH3 is 1. The monoisotopic (exact) mass is 415 g/mol. The summed E-state index contributed by atoms with van der Waals surface area (Å²) in [5.74, 6) is 1.92. The first-order valence-corrected chi connectivity index (χ1v) is 9.95. The summed E-state index contributed by atoms with van der Waals surface area (Å²) in [4.78, 5) is 12.4. The number of rotatable bonds is 7. The topological polar surface area (TPSA) is 56.8 Å². The highest BCUT2D eigenvalue weighted by atomic mass is 32.2. The van der Waals surface area contributed by atoms with Crippen LogP contribution in [0.1, 0.15) is 16.7 Å².